The molecule has 2 aliphatic heterocycles. The molecule has 0 saturated carbocycles. The molecule has 1 amide bonds. The highest BCUT2D eigenvalue weighted by Gasteiger charge is 2.23. The van der Waals surface area contributed by atoms with Crippen molar-refractivity contribution in [2.45, 2.75) is 51.2 Å². The van der Waals surface area contributed by atoms with Gasteiger partial charge in [0.05, 0.1) is 6.10 Å². The van der Waals surface area contributed by atoms with Crippen LogP contribution in [0.15, 0.2) is 4.99 Å². The molecule has 24 heavy (non-hydrogen) atoms. The van der Waals surface area contributed by atoms with Gasteiger partial charge in [0.2, 0.25) is 5.91 Å². The number of amides is 1. The Bertz CT molecular complexity index is 411. The van der Waals surface area contributed by atoms with E-state index in [1.54, 1.807) is 4.90 Å². The zero-order valence-electron chi connectivity index (χ0n) is 15.1. The van der Waals surface area contributed by atoms with Crippen LogP contribution in [0.1, 0.15) is 39.0 Å². The number of hydrogen-bond donors (Lipinski definition) is 2. The van der Waals surface area contributed by atoms with Crippen LogP contribution in [0, 0.1) is 0 Å². The van der Waals surface area contributed by atoms with Gasteiger partial charge in [-0.3, -0.25) is 9.79 Å². The number of nitrogens with zero attached hydrogens (tertiary/aromatic N) is 2. The Labute approximate surface area is 145 Å². The van der Waals surface area contributed by atoms with Crippen molar-refractivity contribution in [3.8, 4) is 0 Å². The number of aliphatic imine (C=N–C) groups is 1. The van der Waals surface area contributed by atoms with Crippen LogP contribution in [0.4, 0.5) is 0 Å². The van der Waals surface area contributed by atoms with E-state index in [1.807, 2.05) is 7.05 Å². The summed E-state index contributed by atoms with van der Waals surface area (Å²) in [6.07, 6.45) is 4.73. The summed E-state index contributed by atoms with van der Waals surface area (Å²) in [5, 5.41) is 6.71. The van der Waals surface area contributed by atoms with E-state index in [0.717, 1.165) is 71.1 Å². The first-order valence-corrected chi connectivity index (χ1v) is 9.17. The van der Waals surface area contributed by atoms with Gasteiger partial charge in [0.15, 0.2) is 5.96 Å². The summed E-state index contributed by atoms with van der Waals surface area (Å²) in [7, 11) is 1.86. The molecule has 138 valence electrons. The largest absolute Gasteiger partial charge is 0.381 e. The maximum atomic E-state index is 11.6. The van der Waals surface area contributed by atoms with E-state index in [9.17, 15) is 4.79 Å². The summed E-state index contributed by atoms with van der Waals surface area (Å²) >= 11 is 0. The molecule has 7 nitrogen and oxygen atoms in total. The zero-order valence-corrected chi connectivity index (χ0v) is 15.1. The number of rotatable bonds is 7. The lowest BCUT2D eigenvalue weighted by atomic mass is 10.1. The third-order valence-electron chi connectivity index (χ3n) is 4.41. The Morgan fingerprint density at radius 3 is 2.88 bits per heavy atom. The van der Waals surface area contributed by atoms with E-state index < -0.39 is 0 Å². The lowest BCUT2D eigenvalue weighted by Crippen LogP contribution is -2.51. The van der Waals surface area contributed by atoms with Crippen molar-refractivity contribution in [3.63, 3.8) is 0 Å². The van der Waals surface area contributed by atoms with Gasteiger partial charge >= 0.3 is 0 Å². The van der Waals surface area contributed by atoms with Gasteiger partial charge in [-0.1, -0.05) is 0 Å². The molecule has 0 aliphatic carbocycles. The molecule has 0 aromatic heterocycles. The molecule has 1 unspecified atom stereocenters. The van der Waals surface area contributed by atoms with E-state index in [-0.39, 0.29) is 11.9 Å². The van der Waals surface area contributed by atoms with E-state index in [4.69, 9.17) is 9.47 Å². The fourth-order valence-corrected chi connectivity index (χ4v) is 2.99. The summed E-state index contributed by atoms with van der Waals surface area (Å²) in [5.74, 6) is 1.05. The second-order valence-corrected chi connectivity index (χ2v) is 6.45. The number of nitrogens with one attached hydrogen (secondary N) is 2. The molecule has 0 aromatic rings. The number of likely N-dealkylation sites (tertiary alicyclic amines) is 1. The molecule has 1 atom stereocenters. The van der Waals surface area contributed by atoms with Crippen LogP contribution >= 0.6 is 0 Å². The van der Waals surface area contributed by atoms with Gasteiger partial charge in [-0.05, 0) is 32.6 Å². The smallest absolute Gasteiger partial charge is 0.222 e. The SMILES string of the molecule is CCNC(=NCCCOC1CCOCC1)NC1CCC(=O)N(C)C1. The minimum atomic E-state index is 0.222. The summed E-state index contributed by atoms with van der Waals surface area (Å²) in [4.78, 5) is 18.0. The normalized spacial score (nSPS) is 23.4. The molecule has 2 aliphatic rings. The van der Waals surface area contributed by atoms with Gasteiger partial charge in [0.25, 0.3) is 0 Å². The van der Waals surface area contributed by atoms with Crippen molar-refractivity contribution in [1.29, 1.82) is 0 Å². The lowest BCUT2D eigenvalue weighted by Gasteiger charge is -2.31. The molecule has 2 saturated heterocycles. The van der Waals surface area contributed by atoms with Crippen molar-refractivity contribution in [1.82, 2.24) is 15.5 Å². The number of carbonyl (C=O) groups is 1. The highest BCUT2D eigenvalue weighted by molar-refractivity contribution is 5.81. The van der Waals surface area contributed by atoms with Gasteiger partial charge in [0.1, 0.15) is 0 Å². The predicted octanol–water partition coefficient (Wildman–Crippen LogP) is 0.748. The first-order valence-electron chi connectivity index (χ1n) is 9.17. The van der Waals surface area contributed by atoms with Gasteiger partial charge in [0, 0.05) is 59.0 Å². The van der Waals surface area contributed by atoms with Crippen LogP contribution in [0.25, 0.3) is 0 Å². The monoisotopic (exact) mass is 340 g/mol. The lowest BCUT2D eigenvalue weighted by molar-refractivity contribution is -0.132. The van der Waals surface area contributed by atoms with Gasteiger partial charge in [-0.15, -0.1) is 0 Å². The Kier molecular flexibility index (Phi) is 8.32. The summed E-state index contributed by atoms with van der Waals surface area (Å²) < 4.78 is 11.2. The Hall–Kier alpha value is -1.34. The standard InChI is InChI=1S/C17H32N4O3/c1-3-18-17(20-14-5-6-16(22)21(2)13-14)19-9-4-10-24-15-7-11-23-12-8-15/h14-15H,3-13H2,1-2H3,(H2,18,19,20). The van der Waals surface area contributed by atoms with E-state index >= 15 is 0 Å². The molecule has 2 heterocycles. The van der Waals surface area contributed by atoms with Crippen molar-refractivity contribution in [2.24, 2.45) is 4.99 Å². The first-order chi connectivity index (χ1) is 11.7. The molecule has 0 aromatic carbocycles. The second kappa shape index (κ2) is 10.5. The first kappa shape index (κ1) is 19.0. The fourth-order valence-electron chi connectivity index (χ4n) is 2.99. The highest BCUT2D eigenvalue weighted by Crippen LogP contribution is 2.11. The summed E-state index contributed by atoms with van der Waals surface area (Å²) in [5.41, 5.74) is 0. The third-order valence-corrected chi connectivity index (χ3v) is 4.41. The van der Waals surface area contributed by atoms with Crippen LogP contribution in [0.2, 0.25) is 0 Å². The van der Waals surface area contributed by atoms with Crippen molar-refractivity contribution in [2.75, 3.05) is 46.5 Å². The second-order valence-electron chi connectivity index (χ2n) is 6.45. The Morgan fingerprint density at radius 2 is 2.17 bits per heavy atom. The van der Waals surface area contributed by atoms with Gasteiger partial charge in [-0.25, -0.2) is 0 Å². The average molecular weight is 340 g/mol. The van der Waals surface area contributed by atoms with Gasteiger partial charge < -0.3 is 25.0 Å². The molecular formula is C17H32N4O3. The third kappa shape index (κ3) is 6.65. The fraction of sp³-hybridized carbons (Fsp3) is 0.882. The molecular weight excluding hydrogens is 308 g/mol. The number of likely N-dealkylation sites (N-methyl/N-ethyl adjacent to an activating group) is 1. The average Bonchev–Trinajstić information content (AvgIpc) is 2.59. The Morgan fingerprint density at radius 1 is 1.38 bits per heavy atom. The Balaban J connectivity index is 1.67. The number of guanidine groups is 1. The number of piperidine rings is 1. The number of ether oxygens (including phenoxy) is 2. The van der Waals surface area contributed by atoms with Gasteiger partial charge in [-0.2, -0.15) is 0 Å². The number of carbonyl (C=O) groups excluding carboxylic acids is 1. The van der Waals surface area contributed by atoms with Crippen molar-refractivity contribution >= 4 is 11.9 Å². The maximum Gasteiger partial charge on any atom is 0.222 e. The molecule has 7 heteroatoms. The summed E-state index contributed by atoms with van der Waals surface area (Å²) in [6, 6.07) is 0.268. The van der Waals surface area contributed by atoms with Crippen LogP contribution in [-0.2, 0) is 14.3 Å². The zero-order chi connectivity index (χ0) is 17.2. The van der Waals surface area contributed by atoms with Crippen LogP contribution in [-0.4, -0.2) is 75.4 Å². The minimum Gasteiger partial charge on any atom is -0.381 e. The molecule has 2 rings (SSSR count). The van der Waals surface area contributed by atoms with E-state index in [0.29, 0.717) is 12.5 Å². The van der Waals surface area contributed by atoms with Crippen LogP contribution in [0.5, 0.6) is 0 Å². The molecule has 0 bridgehead atoms. The van der Waals surface area contributed by atoms with E-state index in [1.165, 1.54) is 0 Å². The molecule has 0 spiro atoms. The van der Waals surface area contributed by atoms with Crippen LogP contribution < -0.4 is 10.6 Å². The molecule has 2 N–H and O–H groups in total. The highest BCUT2D eigenvalue weighted by atomic mass is 16.5. The summed E-state index contributed by atoms with van der Waals surface area (Å²) in [6.45, 7) is 6.73. The predicted molar refractivity (Wildman–Crippen MR) is 94.2 cm³/mol. The van der Waals surface area contributed by atoms with Crippen LogP contribution in [0.3, 0.4) is 0 Å². The molecule has 2 fully saturated rings. The minimum absolute atomic E-state index is 0.222. The number of hydrogen-bond acceptors (Lipinski definition) is 4. The van der Waals surface area contributed by atoms with E-state index in [2.05, 4.69) is 22.5 Å². The quantitative estimate of drug-likeness (QED) is 0.406. The molecule has 0 radical (unpaired) electrons. The topological polar surface area (TPSA) is 75.2 Å². The van der Waals surface area contributed by atoms with Crippen molar-refractivity contribution in [3.05, 3.63) is 0 Å². The van der Waals surface area contributed by atoms with Crippen molar-refractivity contribution < 1.29 is 14.3 Å². The maximum absolute atomic E-state index is 11.6.